The molecule has 1 aliphatic rings. The van der Waals surface area contributed by atoms with E-state index in [2.05, 4.69) is 19.9 Å². The van der Waals surface area contributed by atoms with E-state index < -0.39 is 18.1 Å². The largest absolute Gasteiger partial charge is 0.493 e. The maximum Gasteiger partial charge on any atom is 0.326 e. The first-order valence-electron chi connectivity index (χ1n) is 10.3. The van der Waals surface area contributed by atoms with Crippen molar-refractivity contribution in [3.8, 4) is 17.4 Å². The van der Waals surface area contributed by atoms with Crippen LogP contribution < -0.4 is 19.1 Å². The minimum absolute atomic E-state index is 0.266. The number of aromatic nitrogens is 4. The molecule has 0 bridgehead atoms. The first-order valence-corrected chi connectivity index (χ1v) is 10.3. The number of aliphatic carboxylic acids is 1. The zero-order valence-corrected chi connectivity index (χ0v) is 18.0. The van der Waals surface area contributed by atoms with Crippen molar-refractivity contribution in [2.24, 2.45) is 0 Å². The van der Waals surface area contributed by atoms with Gasteiger partial charge in [-0.2, -0.15) is 0 Å². The Morgan fingerprint density at radius 2 is 1.79 bits per heavy atom. The lowest BCUT2D eigenvalue weighted by molar-refractivity contribution is -0.138. The van der Waals surface area contributed by atoms with Crippen molar-refractivity contribution in [2.75, 3.05) is 25.7 Å². The number of carboxylic acids is 1. The Morgan fingerprint density at radius 1 is 1.03 bits per heavy atom. The quantitative estimate of drug-likeness (QED) is 0.472. The second kappa shape index (κ2) is 8.38. The van der Waals surface area contributed by atoms with Gasteiger partial charge in [-0.3, -0.25) is 0 Å². The molecule has 0 amide bonds. The van der Waals surface area contributed by atoms with Crippen molar-refractivity contribution in [1.29, 1.82) is 0 Å². The molecule has 2 unspecified atom stereocenters. The van der Waals surface area contributed by atoms with Gasteiger partial charge in [0, 0.05) is 17.9 Å². The third-order valence-electron chi connectivity index (χ3n) is 5.65. The highest BCUT2D eigenvalue weighted by molar-refractivity contribution is 5.94. The number of nitrogens with zero attached hydrogens (tertiary/aromatic N) is 5. The molecule has 2 aromatic carbocycles. The molecule has 0 saturated carbocycles. The molecule has 10 nitrogen and oxygen atoms in total. The Hall–Kier alpha value is -4.21. The maximum absolute atomic E-state index is 12.1. The molecule has 1 aliphatic heterocycles. The first kappa shape index (κ1) is 20.7. The summed E-state index contributed by atoms with van der Waals surface area (Å²) in [6.45, 7) is 0.311. The van der Waals surface area contributed by atoms with Gasteiger partial charge in [-0.25, -0.2) is 24.7 Å². The van der Waals surface area contributed by atoms with Crippen LogP contribution in [-0.2, 0) is 4.79 Å². The van der Waals surface area contributed by atoms with Crippen LogP contribution in [0.3, 0.4) is 0 Å². The molecule has 3 heterocycles. The summed E-state index contributed by atoms with van der Waals surface area (Å²) < 4.78 is 16.8. The lowest BCUT2D eigenvalue weighted by Gasteiger charge is -2.23. The molecule has 33 heavy (non-hydrogen) atoms. The number of benzene rings is 2. The maximum atomic E-state index is 12.1. The van der Waals surface area contributed by atoms with Gasteiger partial charge in [-0.1, -0.05) is 12.1 Å². The monoisotopic (exact) mass is 447 g/mol. The SMILES string of the molecule is COc1cc2ncnc(N3CC(Oc4cnc5ccccc5n4)CC3C(=O)O)c2cc1OC. The number of para-hydroxylation sites is 2. The molecule has 10 heteroatoms. The fourth-order valence-electron chi connectivity index (χ4n) is 4.12. The van der Waals surface area contributed by atoms with Gasteiger partial charge in [0.05, 0.1) is 43.5 Å². The Kier molecular flexibility index (Phi) is 5.25. The molecular weight excluding hydrogens is 426 g/mol. The number of rotatable bonds is 6. The van der Waals surface area contributed by atoms with Crippen LogP contribution in [0.5, 0.6) is 17.4 Å². The number of anilines is 1. The zero-order chi connectivity index (χ0) is 22.9. The molecule has 1 saturated heterocycles. The van der Waals surface area contributed by atoms with Gasteiger partial charge in [0.2, 0.25) is 5.88 Å². The Balaban J connectivity index is 1.48. The van der Waals surface area contributed by atoms with Crippen molar-refractivity contribution in [3.63, 3.8) is 0 Å². The zero-order valence-electron chi connectivity index (χ0n) is 18.0. The van der Waals surface area contributed by atoms with Crippen LogP contribution in [0.4, 0.5) is 5.82 Å². The number of fused-ring (bicyclic) bond motifs is 2. The second-order valence-electron chi connectivity index (χ2n) is 7.60. The van der Waals surface area contributed by atoms with Crippen molar-refractivity contribution in [1.82, 2.24) is 19.9 Å². The van der Waals surface area contributed by atoms with Crippen LogP contribution in [0.15, 0.2) is 48.9 Å². The summed E-state index contributed by atoms with van der Waals surface area (Å²) >= 11 is 0. The van der Waals surface area contributed by atoms with Crippen LogP contribution >= 0.6 is 0 Å². The number of methoxy groups -OCH3 is 2. The average molecular weight is 447 g/mol. The third-order valence-corrected chi connectivity index (χ3v) is 5.65. The molecule has 2 aromatic heterocycles. The van der Waals surface area contributed by atoms with Crippen molar-refractivity contribution < 1.29 is 24.1 Å². The molecule has 1 fully saturated rings. The summed E-state index contributed by atoms with van der Waals surface area (Å²) in [5.74, 6) is 0.916. The highest BCUT2D eigenvalue weighted by Crippen LogP contribution is 2.37. The van der Waals surface area contributed by atoms with Gasteiger partial charge >= 0.3 is 5.97 Å². The van der Waals surface area contributed by atoms with E-state index >= 15 is 0 Å². The van der Waals surface area contributed by atoms with E-state index in [4.69, 9.17) is 14.2 Å². The van der Waals surface area contributed by atoms with Gasteiger partial charge in [0.25, 0.3) is 0 Å². The highest BCUT2D eigenvalue weighted by atomic mass is 16.5. The molecule has 1 N–H and O–H groups in total. The van der Waals surface area contributed by atoms with E-state index in [9.17, 15) is 9.90 Å². The first-order chi connectivity index (χ1) is 16.1. The molecule has 5 rings (SSSR count). The minimum Gasteiger partial charge on any atom is -0.493 e. The van der Waals surface area contributed by atoms with E-state index in [-0.39, 0.29) is 6.42 Å². The van der Waals surface area contributed by atoms with Gasteiger partial charge in [-0.15, -0.1) is 0 Å². The molecule has 0 aliphatic carbocycles. The number of hydrogen-bond acceptors (Lipinski definition) is 9. The Bertz CT molecular complexity index is 1350. The van der Waals surface area contributed by atoms with Gasteiger partial charge in [0.15, 0.2) is 11.5 Å². The Labute approximate surface area is 188 Å². The fraction of sp³-hybridized carbons (Fsp3) is 0.261. The smallest absolute Gasteiger partial charge is 0.326 e. The standard InChI is InChI=1S/C23H21N5O5/c1-31-19-8-14-17(9-20(19)32-2)25-12-26-22(14)28-11-13(7-18(28)23(29)30)33-21-10-24-15-5-3-4-6-16(15)27-21/h3-6,8-10,12-13,18H,7,11H2,1-2H3,(H,29,30). The highest BCUT2D eigenvalue weighted by Gasteiger charge is 2.40. The van der Waals surface area contributed by atoms with Crippen molar-refractivity contribution >= 4 is 33.7 Å². The Morgan fingerprint density at radius 3 is 2.55 bits per heavy atom. The normalized spacial score (nSPS) is 17.9. The average Bonchev–Trinajstić information content (AvgIpc) is 3.26. The molecule has 0 radical (unpaired) electrons. The molecule has 0 spiro atoms. The summed E-state index contributed by atoms with van der Waals surface area (Å²) in [5.41, 5.74) is 2.09. The lowest BCUT2D eigenvalue weighted by Crippen LogP contribution is -2.36. The summed E-state index contributed by atoms with van der Waals surface area (Å²) in [5, 5.41) is 10.6. The molecule has 2 atom stereocenters. The van der Waals surface area contributed by atoms with Crippen LogP contribution in [0.1, 0.15) is 6.42 Å². The summed E-state index contributed by atoms with van der Waals surface area (Å²) in [6.07, 6.45) is 2.82. The van der Waals surface area contributed by atoms with Gasteiger partial charge in [0.1, 0.15) is 24.3 Å². The summed E-state index contributed by atoms with van der Waals surface area (Å²) in [4.78, 5) is 31.4. The van der Waals surface area contributed by atoms with Crippen molar-refractivity contribution in [3.05, 3.63) is 48.9 Å². The van der Waals surface area contributed by atoms with Crippen LogP contribution in [0, 0.1) is 0 Å². The van der Waals surface area contributed by atoms with E-state index in [0.717, 1.165) is 5.52 Å². The van der Waals surface area contributed by atoms with E-state index in [1.165, 1.54) is 13.4 Å². The molecule has 168 valence electrons. The van der Waals surface area contributed by atoms with Crippen LogP contribution in [0.2, 0.25) is 0 Å². The van der Waals surface area contributed by atoms with Gasteiger partial charge in [-0.05, 0) is 18.2 Å². The summed E-state index contributed by atoms with van der Waals surface area (Å²) in [6, 6.07) is 10.2. The lowest BCUT2D eigenvalue weighted by atomic mass is 10.1. The van der Waals surface area contributed by atoms with E-state index in [0.29, 0.717) is 46.2 Å². The number of ether oxygens (including phenoxy) is 3. The van der Waals surface area contributed by atoms with Crippen LogP contribution in [-0.4, -0.2) is 63.9 Å². The second-order valence-corrected chi connectivity index (χ2v) is 7.60. The predicted octanol–water partition coefficient (Wildman–Crippen LogP) is 2.70. The third kappa shape index (κ3) is 3.79. The number of carbonyl (C=O) groups is 1. The molecule has 4 aromatic rings. The fourth-order valence-corrected chi connectivity index (χ4v) is 4.12. The predicted molar refractivity (Wildman–Crippen MR) is 120 cm³/mol. The van der Waals surface area contributed by atoms with Gasteiger partial charge < -0.3 is 24.2 Å². The number of hydrogen-bond donors (Lipinski definition) is 1. The van der Waals surface area contributed by atoms with Crippen molar-refractivity contribution in [2.45, 2.75) is 18.6 Å². The summed E-state index contributed by atoms with van der Waals surface area (Å²) in [7, 11) is 3.09. The van der Waals surface area contributed by atoms with E-state index in [1.807, 2.05) is 24.3 Å². The minimum atomic E-state index is -0.960. The molecular formula is C23H21N5O5. The van der Waals surface area contributed by atoms with Crippen LogP contribution in [0.25, 0.3) is 21.9 Å². The number of carboxylic acid groups (broad SMARTS) is 1. The topological polar surface area (TPSA) is 120 Å². The van der Waals surface area contributed by atoms with E-state index in [1.54, 1.807) is 30.3 Å².